The zero-order valence-electron chi connectivity index (χ0n) is 40.3. The van der Waals surface area contributed by atoms with Gasteiger partial charge in [0.2, 0.25) is 0 Å². The molecule has 0 aliphatic heterocycles. The Labute approximate surface area is 440 Å². The number of para-hydroxylation sites is 6. The molecule has 0 aliphatic carbocycles. The molecule has 6 nitrogen and oxygen atoms in total. The van der Waals surface area contributed by atoms with Crippen LogP contribution in [0.1, 0.15) is 11.1 Å². The van der Waals surface area contributed by atoms with Crippen LogP contribution in [0.5, 0.6) is 0 Å². The number of nitriles is 2. The Balaban J connectivity index is 1.18. The van der Waals surface area contributed by atoms with Crippen molar-refractivity contribution in [2.45, 2.75) is 0 Å². The van der Waals surface area contributed by atoms with E-state index < -0.39 is 0 Å². The molecule has 0 spiro atoms. The third-order valence-corrected chi connectivity index (χ3v) is 18.3. The Bertz CT molecular complexity index is 5070. The average molecular weight is 1000 g/mol. The quantitative estimate of drug-likeness (QED) is 0.176. The molecule has 0 N–H and O–H groups in total. The Kier molecular flexibility index (Phi) is 8.36. The van der Waals surface area contributed by atoms with Gasteiger partial charge < -0.3 is 18.3 Å². The van der Waals surface area contributed by atoms with Gasteiger partial charge >= 0.3 is 0 Å². The fraction of sp³-hybridized carbons (Fsp3) is 0. The van der Waals surface area contributed by atoms with Gasteiger partial charge in [-0.2, -0.15) is 10.5 Å². The molecular weight excluding hydrogens is 965 g/mol. The molecule has 0 saturated heterocycles. The fourth-order valence-corrected chi connectivity index (χ4v) is 15.2. The molecule has 0 amide bonds. The van der Waals surface area contributed by atoms with Gasteiger partial charge in [0.25, 0.3) is 0 Å². The smallest absolute Gasteiger partial charge is 0.104 e. The van der Waals surface area contributed by atoms with Crippen molar-refractivity contribution in [3.8, 4) is 34.9 Å². The Morgan fingerprint density at radius 3 is 0.789 bits per heavy atom. The molecule has 0 fully saturated rings. The molecule has 6 aromatic heterocycles. The van der Waals surface area contributed by atoms with Crippen LogP contribution in [0.15, 0.2) is 218 Å². The number of fused-ring (bicyclic) bond motifs is 18. The van der Waals surface area contributed by atoms with Crippen LogP contribution in [-0.2, 0) is 0 Å². The van der Waals surface area contributed by atoms with E-state index in [1.165, 1.54) is 29.6 Å². The largest absolute Gasteiger partial charge is 0.306 e. The lowest BCUT2D eigenvalue weighted by molar-refractivity contribution is 1.02. The summed E-state index contributed by atoms with van der Waals surface area (Å²) in [6.45, 7) is 0. The lowest BCUT2D eigenvalue weighted by Gasteiger charge is -2.27. The van der Waals surface area contributed by atoms with Crippen LogP contribution >= 0.6 is 22.7 Å². The third-order valence-electron chi connectivity index (χ3n) is 16.0. The molecule has 8 heteroatoms. The van der Waals surface area contributed by atoms with Crippen molar-refractivity contribution in [1.29, 1.82) is 10.5 Å². The molecular formula is C68H36N6S2. The molecule has 17 aromatic rings. The topological polar surface area (TPSA) is 67.3 Å². The lowest BCUT2D eigenvalue weighted by atomic mass is 9.98. The van der Waals surface area contributed by atoms with Gasteiger partial charge in [0, 0.05) is 83.4 Å². The van der Waals surface area contributed by atoms with E-state index in [-0.39, 0.29) is 0 Å². The molecule has 0 atom stereocenters. The van der Waals surface area contributed by atoms with Gasteiger partial charge in [-0.25, -0.2) is 0 Å². The predicted octanol–water partition coefficient (Wildman–Crippen LogP) is 18.6. The highest BCUT2D eigenvalue weighted by molar-refractivity contribution is 7.26. The lowest BCUT2D eigenvalue weighted by Crippen LogP contribution is -2.16. The van der Waals surface area contributed by atoms with Crippen molar-refractivity contribution in [3.05, 3.63) is 230 Å². The maximum atomic E-state index is 12.8. The van der Waals surface area contributed by atoms with Crippen LogP contribution in [0, 0.1) is 22.7 Å². The molecule has 0 saturated carbocycles. The highest BCUT2D eigenvalue weighted by Crippen LogP contribution is 2.50. The van der Waals surface area contributed by atoms with E-state index in [0.717, 1.165) is 98.0 Å². The second kappa shape index (κ2) is 15.3. The molecule has 11 aromatic carbocycles. The SMILES string of the molecule is N#Cc1c(-n2c3ccccc3c3ccccc32)c(-n2c3ccccc3c3cc4sc5ccccc5c4cc32)c(C#N)c(-n2c3ccccc3c3ccccc32)c1-n1c2ccccc2c2cc3sc4ccccc4c3cc21. The van der Waals surface area contributed by atoms with E-state index in [4.69, 9.17) is 0 Å². The molecule has 350 valence electrons. The summed E-state index contributed by atoms with van der Waals surface area (Å²) >= 11 is 3.60. The molecule has 0 unspecified atom stereocenters. The van der Waals surface area contributed by atoms with Gasteiger partial charge in [0.15, 0.2) is 0 Å². The van der Waals surface area contributed by atoms with Gasteiger partial charge in [-0.3, -0.25) is 0 Å². The zero-order valence-corrected chi connectivity index (χ0v) is 41.9. The summed E-state index contributed by atoms with van der Waals surface area (Å²) in [6.07, 6.45) is 0. The molecule has 0 radical (unpaired) electrons. The Morgan fingerprint density at radius 1 is 0.237 bits per heavy atom. The van der Waals surface area contributed by atoms with Gasteiger partial charge in [0.05, 0.1) is 66.9 Å². The fourth-order valence-electron chi connectivity index (χ4n) is 13.0. The number of hydrogen-bond donors (Lipinski definition) is 0. The number of aromatic nitrogens is 4. The number of rotatable bonds is 4. The van der Waals surface area contributed by atoms with Gasteiger partial charge in [-0.1, -0.05) is 146 Å². The van der Waals surface area contributed by atoms with Crippen LogP contribution in [0.2, 0.25) is 0 Å². The van der Waals surface area contributed by atoms with Gasteiger partial charge in [0.1, 0.15) is 23.3 Å². The highest BCUT2D eigenvalue weighted by Gasteiger charge is 2.35. The van der Waals surface area contributed by atoms with Crippen LogP contribution in [-0.4, -0.2) is 18.3 Å². The normalized spacial score (nSPS) is 12.2. The van der Waals surface area contributed by atoms with E-state index in [1.807, 2.05) is 0 Å². The minimum Gasteiger partial charge on any atom is -0.306 e. The summed E-state index contributed by atoms with van der Waals surface area (Å²) in [7, 11) is 0. The Morgan fingerprint density at radius 2 is 0.487 bits per heavy atom. The maximum absolute atomic E-state index is 12.8. The zero-order chi connectivity index (χ0) is 49.9. The van der Waals surface area contributed by atoms with Gasteiger partial charge in [-0.15, -0.1) is 22.7 Å². The first kappa shape index (κ1) is 41.5. The van der Waals surface area contributed by atoms with E-state index in [2.05, 4.69) is 249 Å². The molecule has 6 heterocycles. The van der Waals surface area contributed by atoms with E-state index in [9.17, 15) is 10.5 Å². The first-order valence-corrected chi connectivity index (χ1v) is 27.0. The first-order chi connectivity index (χ1) is 37.7. The molecule has 0 aliphatic rings. The maximum Gasteiger partial charge on any atom is 0.104 e. The van der Waals surface area contributed by atoms with E-state index in [0.29, 0.717) is 33.9 Å². The average Bonchev–Trinajstić information content (AvgIpc) is 4.37. The molecule has 0 bridgehead atoms. The number of nitrogens with zero attached hydrogens (tertiary/aromatic N) is 6. The van der Waals surface area contributed by atoms with Gasteiger partial charge in [-0.05, 0) is 72.8 Å². The van der Waals surface area contributed by atoms with Crippen molar-refractivity contribution < 1.29 is 0 Å². The van der Waals surface area contributed by atoms with Crippen molar-refractivity contribution in [1.82, 2.24) is 18.3 Å². The van der Waals surface area contributed by atoms with Crippen molar-refractivity contribution in [2.75, 3.05) is 0 Å². The van der Waals surface area contributed by atoms with Crippen LogP contribution in [0.3, 0.4) is 0 Å². The van der Waals surface area contributed by atoms with Crippen LogP contribution in [0.4, 0.5) is 0 Å². The van der Waals surface area contributed by atoms with Crippen molar-refractivity contribution in [2.24, 2.45) is 0 Å². The minimum absolute atomic E-state index is 0.434. The number of hydrogen-bond acceptors (Lipinski definition) is 4. The third kappa shape index (κ3) is 5.35. The van der Waals surface area contributed by atoms with Crippen LogP contribution < -0.4 is 0 Å². The summed E-state index contributed by atoms with van der Waals surface area (Å²) in [5.74, 6) is 0. The van der Waals surface area contributed by atoms with Crippen molar-refractivity contribution in [3.63, 3.8) is 0 Å². The Hall–Kier alpha value is -9.96. The monoisotopic (exact) mass is 1000 g/mol. The summed E-state index contributed by atoms with van der Waals surface area (Å²) in [6, 6.07) is 83.5. The number of benzene rings is 11. The van der Waals surface area contributed by atoms with Crippen molar-refractivity contribution >= 4 is 150 Å². The van der Waals surface area contributed by atoms with E-state index in [1.54, 1.807) is 22.7 Å². The summed E-state index contributed by atoms with van der Waals surface area (Å²) < 4.78 is 14.0. The van der Waals surface area contributed by atoms with Crippen LogP contribution in [0.25, 0.3) is 150 Å². The predicted molar refractivity (Wildman–Crippen MR) is 319 cm³/mol. The van der Waals surface area contributed by atoms with E-state index >= 15 is 0 Å². The number of thiophene rings is 2. The highest BCUT2D eigenvalue weighted by atomic mass is 32.1. The first-order valence-electron chi connectivity index (χ1n) is 25.4. The molecule has 76 heavy (non-hydrogen) atoms. The summed E-state index contributed by atoms with van der Waals surface area (Å²) in [4.78, 5) is 0. The summed E-state index contributed by atoms with van der Waals surface area (Å²) in [5, 5.41) is 38.7. The second-order valence-corrected chi connectivity index (χ2v) is 21.9. The molecule has 17 rings (SSSR count). The second-order valence-electron chi connectivity index (χ2n) is 19.7. The standard InChI is InChI=1S/C68H36N6S2/c69-37-51-65(71-53-25-9-1-17-39(53)40-18-2-10-26-54(40)71)67(73-57-29-13-5-21-43(57)47-35-63-49(33-59(47)73)45-23-7-15-31-61(45)75-63)52(38-70)66(72-55-27-11-3-19-41(55)42-20-4-12-28-56(42)72)68(51)74-58-30-14-6-22-44(58)48-36-64-50(34-60(48)74)46-24-8-16-32-62(46)76-64/h1-36H. The minimum atomic E-state index is 0.434. The summed E-state index contributed by atoms with van der Waals surface area (Å²) in [5.41, 5.74) is 10.9.